The topological polar surface area (TPSA) is 49.0 Å². The molecular weight excluding hydrogens is 516 g/mol. The first kappa shape index (κ1) is 25.2. The van der Waals surface area contributed by atoms with E-state index in [9.17, 15) is 31.1 Å². The van der Waals surface area contributed by atoms with E-state index in [1.165, 1.54) is 35.6 Å². The molecule has 0 fully saturated rings. The summed E-state index contributed by atoms with van der Waals surface area (Å²) in [5.74, 6) is 0.227. The molecule has 1 aliphatic heterocycles. The monoisotopic (exact) mass is 535 g/mol. The van der Waals surface area contributed by atoms with Crippen LogP contribution in [0.1, 0.15) is 27.3 Å². The van der Waals surface area contributed by atoms with Crippen molar-refractivity contribution in [2.24, 2.45) is 0 Å². The van der Waals surface area contributed by atoms with E-state index in [0.29, 0.717) is 48.4 Å². The highest BCUT2D eigenvalue weighted by atomic mass is 32.1. The van der Waals surface area contributed by atoms with Gasteiger partial charge < -0.3 is 4.98 Å². The van der Waals surface area contributed by atoms with Gasteiger partial charge in [-0.1, -0.05) is 24.3 Å². The molecule has 0 saturated heterocycles. The van der Waals surface area contributed by atoms with Crippen molar-refractivity contribution < 1.29 is 26.3 Å². The van der Waals surface area contributed by atoms with Gasteiger partial charge in [0.2, 0.25) is 0 Å². The molecule has 0 radical (unpaired) electrons. The Labute approximate surface area is 211 Å². The molecule has 3 heterocycles. The number of rotatable bonds is 4. The second kappa shape index (κ2) is 9.46. The molecule has 0 spiro atoms. The number of alkyl halides is 6. The summed E-state index contributed by atoms with van der Waals surface area (Å²) < 4.78 is 76.9. The zero-order valence-corrected chi connectivity index (χ0v) is 19.9. The van der Waals surface area contributed by atoms with Gasteiger partial charge in [0, 0.05) is 41.4 Å². The van der Waals surface area contributed by atoms with E-state index in [1.54, 1.807) is 0 Å². The summed E-state index contributed by atoms with van der Waals surface area (Å²) in [5.41, 5.74) is 0.422. The predicted octanol–water partition coefficient (Wildman–Crippen LogP) is 6.76. The summed E-state index contributed by atoms with van der Waals surface area (Å²) in [5, 5.41) is 0. The van der Waals surface area contributed by atoms with Gasteiger partial charge in [-0.25, -0.2) is 4.98 Å². The van der Waals surface area contributed by atoms with Crippen LogP contribution in [0.25, 0.3) is 21.8 Å². The van der Waals surface area contributed by atoms with Crippen LogP contribution in [0.5, 0.6) is 0 Å². The minimum absolute atomic E-state index is 0.227. The Morgan fingerprint density at radius 3 is 2.03 bits per heavy atom. The van der Waals surface area contributed by atoms with E-state index in [4.69, 9.17) is 0 Å². The molecular formula is C26H19F6N3OS. The number of fused-ring (bicyclic) bond motifs is 1. The number of aromatic nitrogens is 2. The smallest absolute Gasteiger partial charge is 0.306 e. The van der Waals surface area contributed by atoms with Crippen LogP contribution in [0.2, 0.25) is 0 Å². The van der Waals surface area contributed by atoms with Crippen molar-refractivity contribution in [1.29, 1.82) is 0 Å². The maximum Gasteiger partial charge on any atom is 0.416 e. The van der Waals surface area contributed by atoms with Crippen LogP contribution in [0.3, 0.4) is 0 Å². The van der Waals surface area contributed by atoms with Crippen molar-refractivity contribution in [3.8, 4) is 21.8 Å². The van der Waals surface area contributed by atoms with Crippen molar-refractivity contribution in [1.82, 2.24) is 14.9 Å². The number of benzene rings is 2. The summed E-state index contributed by atoms with van der Waals surface area (Å²) in [4.78, 5) is 23.9. The van der Waals surface area contributed by atoms with Crippen LogP contribution in [0.4, 0.5) is 26.3 Å². The van der Waals surface area contributed by atoms with Gasteiger partial charge in [0.25, 0.3) is 5.56 Å². The van der Waals surface area contributed by atoms with Gasteiger partial charge in [0.15, 0.2) is 0 Å². The number of halogens is 6. The zero-order chi connectivity index (χ0) is 26.4. The van der Waals surface area contributed by atoms with Crippen LogP contribution in [0.15, 0.2) is 65.5 Å². The number of H-pyrrole nitrogens is 1. The number of aromatic amines is 1. The van der Waals surface area contributed by atoms with E-state index < -0.39 is 23.5 Å². The Kier molecular flexibility index (Phi) is 6.45. The molecule has 11 heteroatoms. The summed E-state index contributed by atoms with van der Waals surface area (Å²) in [6, 6.07) is 13.3. The number of hydrogen-bond donors (Lipinski definition) is 1. The SMILES string of the molecule is O=c1[nH]c(-c2ccc(C(F)(F)F)cc2)nc2c1CN(Cc1ccc(-c3ccc(C(F)(F)F)cc3)s1)CC2. The Bertz CT molecular complexity index is 1470. The standard InChI is InChI=1S/C26H19F6N3OS/c27-25(28,29)17-5-1-15(2-6-17)22-10-9-19(37-22)13-35-12-11-21-20(14-35)24(36)34-23(33-21)16-3-7-18(8-4-16)26(30,31)32/h1-10H,11-14H2,(H,33,34,36). The maximum absolute atomic E-state index is 12.8. The van der Waals surface area contributed by atoms with Crippen LogP contribution >= 0.6 is 11.3 Å². The van der Waals surface area contributed by atoms with E-state index >= 15 is 0 Å². The second-order valence-corrected chi connectivity index (χ2v) is 9.88. The maximum atomic E-state index is 12.8. The molecule has 5 rings (SSSR count). The van der Waals surface area contributed by atoms with Gasteiger partial charge in [0.05, 0.1) is 22.4 Å². The third kappa shape index (κ3) is 5.47. The molecule has 0 amide bonds. The number of nitrogens with one attached hydrogen (secondary N) is 1. The fraction of sp³-hybridized carbons (Fsp3) is 0.231. The normalized spacial score (nSPS) is 14.5. The predicted molar refractivity (Wildman–Crippen MR) is 128 cm³/mol. The first-order chi connectivity index (χ1) is 17.5. The molecule has 1 aliphatic rings. The quantitative estimate of drug-likeness (QED) is 0.294. The van der Waals surface area contributed by atoms with E-state index in [1.807, 2.05) is 12.1 Å². The van der Waals surface area contributed by atoms with Crippen LogP contribution in [0, 0.1) is 0 Å². The lowest BCUT2D eigenvalue weighted by Gasteiger charge is -2.27. The molecule has 0 aliphatic carbocycles. The third-order valence-corrected chi connectivity index (χ3v) is 7.29. The molecule has 1 N–H and O–H groups in total. The number of nitrogens with zero attached hydrogens (tertiary/aromatic N) is 2. The first-order valence-electron chi connectivity index (χ1n) is 11.3. The fourth-order valence-electron chi connectivity index (χ4n) is 4.23. The van der Waals surface area contributed by atoms with Gasteiger partial charge in [-0.15, -0.1) is 11.3 Å². The molecule has 0 bridgehead atoms. The average molecular weight is 536 g/mol. The van der Waals surface area contributed by atoms with Gasteiger partial charge >= 0.3 is 12.4 Å². The fourth-order valence-corrected chi connectivity index (χ4v) is 5.29. The van der Waals surface area contributed by atoms with Crippen LogP contribution in [-0.4, -0.2) is 21.4 Å². The highest BCUT2D eigenvalue weighted by Gasteiger charge is 2.31. The first-order valence-corrected chi connectivity index (χ1v) is 12.1. The zero-order valence-electron chi connectivity index (χ0n) is 19.1. The Balaban J connectivity index is 1.29. The molecule has 2 aromatic heterocycles. The molecule has 0 atom stereocenters. The van der Waals surface area contributed by atoms with Crippen LogP contribution in [-0.2, 0) is 31.9 Å². The van der Waals surface area contributed by atoms with E-state index in [-0.39, 0.29) is 11.4 Å². The van der Waals surface area contributed by atoms with Crippen molar-refractivity contribution in [2.45, 2.75) is 31.9 Å². The minimum Gasteiger partial charge on any atom is -0.306 e. The van der Waals surface area contributed by atoms with E-state index in [2.05, 4.69) is 14.9 Å². The summed E-state index contributed by atoms with van der Waals surface area (Å²) in [7, 11) is 0. The molecule has 192 valence electrons. The van der Waals surface area contributed by atoms with Crippen LogP contribution < -0.4 is 5.56 Å². The number of thiophene rings is 1. The lowest BCUT2D eigenvalue weighted by atomic mass is 10.1. The number of hydrogen-bond acceptors (Lipinski definition) is 4. The van der Waals surface area contributed by atoms with Crippen molar-refractivity contribution in [3.05, 3.63) is 98.3 Å². The highest BCUT2D eigenvalue weighted by Crippen LogP contribution is 2.34. The minimum atomic E-state index is -4.44. The molecule has 4 nitrogen and oxygen atoms in total. The second-order valence-electron chi connectivity index (χ2n) is 8.72. The Morgan fingerprint density at radius 2 is 1.43 bits per heavy atom. The lowest BCUT2D eigenvalue weighted by Crippen LogP contribution is -2.35. The molecule has 0 unspecified atom stereocenters. The lowest BCUT2D eigenvalue weighted by molar-refractivity contribution is -0.138. The van der Waals surface area contributed by atoms with Gasteiger partial charge in [-0.2, -0.15) is 26.3 Å². The third-order valence-electron chi connectivity index (χ3n) is 6.17. The molecule has 37 heavy (non-hydrogen) atoms. The summed E-state index contributed by atoms with van der Waals surface area (Å²) in [6.45, 7) is 1.55. The van der Waals surface area contributed by atoms with Gasteiger partial charge in [0.1, 0.15) is 5.82 Å². The van der Waals surface area contributed by atoms with E-state index in [0.717, 1.165) is 34.0 Å². The molecule has 0 saturated carbocycles. The van der Waals surface area contributed by atoms with Crippen molar-refractivity contribution in [3.63, 3.8) is 0 Å². The highest BCUT2D eigenvalue weighted by molar-refractivity contribution is 7.15. The van der Waals surface area contributed by atoms with Crippen molar-refractivity contribution >= 4 is 11.3 Å². The van der Waals surface area contributed by atoms with Gasteiger partial charge in [-0.05, 0) is 42.0 Å². The molecule has 2 aromatic carbocycles. The van der Waals surface area contributed by atoms with Gasteiger partial charge in [-0.3, -0.25) is 9.69 Å². The molecule has 4 aromatic rings. The summed E-state index contributed by atoms with van der Waals surface area (Å²) >= 11 is 1.48. The largest absolute Gasteiger partial charge is 0.416 e. The van der Waals surface area contributed by atoms with Crippen molar-refractivity contribution in [2.75, 3.05) is 6.54 Å². The Morgan fingerprint density at radius 1 is 0.838 bits per heavy atom. The Hall–Kier alpha value is -3.44. The summed E-state index contributed by atoms with van der Waals surface area (Å²) in [6.07, 6.45) is -8.32. The average Bonchev–Trinajstić information content (AvgIpc) is 3.32.